The van der Waals surface area contributed by atoms with Crippen molar-refractivity contribution in [1.82, 2.24) is 10.2 Å². The Bertz CT molecular complexity index is 259. The number of thiophene rings is 1. The highest BCUT2D eigenvalue weighted by atomic mass is 32.1. The maximum absolute atomic E-state index is 3.58. The summed E-state index contributed by atoms with van der Waals surface area (Å²) in [4.78, 5) is 3.92. The highest BCUT2D eigenvalue weighted by molar-refractivity contribution is 7.10. The van der Waals surface area contributed by atoms with Crippen LogP contribution in [0.4, 0.5) is 0 Å². The minimum atomic E-state index is 0.486. The molecule has 1 aromatic heterocycles. The van der Waals surface area contributed by atoms with Gasteiger partial charge in [0, 0.05) is 24.0 Å². The number of nitrogens with zero attached hydrogens (tertiary/aromatic N) is 1. The Balaban J connectivity index is 2.19. The van der Waals surface area contributed by atoms with Crippen molar-refractivity contribution in [2.45, 2.75) is 33.2 Å². The topological polar surface area (TPSA) is 15.3 Å². The average Bonchev–Trinajstić information content (AvgIpc) is 2.81. The van der Waals surface area contributed by atoms with Crippen LogP contribution >= 0.6 is 11.3 Å². The molecule has 1 rings (SSSR count). The van der Waals surface area contributed by atoms with E-state index in [9.17, 15) is 0 Å². The summed E-state index contributed by atoms with van der Waals surface area (Å²) in [5, 5.41) is 5.72. The van der Waals surface area contributed by atoms with Gasteiger partial charge in [-0.2, -0.15) is 0 Å². The molecule has 0 fully saturated rings. The smallest absolute Gasteiger partial charge is 0.0386 e. The number of rotatable bonds is 8. The van der Waals surface area contributed by atoms with Gasteiger partial charge in [-0.1, -0.05) is 19.9 Å². The molecule has 0 amide bonds. The van der Waals surface area contributed by atoms with Crippen molar-refractivity contribution < 1.29 is 0 Å². The molecule has 0 aromatic carbocycles. The lowest BCUT2D eigenvalue weighted by molar-refractivity contribution is 0.284. The summed E-state index contributed by atoms with van der Waals surface area (Å²) in [6.07, 6.45) is 1.24. The maximum Gasteiger partial charge on any atom is 0.0386 e. The van der Waals surface area contributed by atoms with Crippen molar-refractivity contribution in [2.24, 2.45) is 0 Å². The van der Waals surface area contributed by atoms with Crippen molar-refractivity contribution in [1.29, 1.82) is 0 Å². The fourth-order valence-electron chi connectivity index (χ4n) is 1.82. The summed E-state index contributed by atoms with van der Waals surface area (Å²) in [6, 6.07) is 4.81. The van der Waals surface area contributed by atoms with Crippen LogP contribution in [0.5, 0.6) is 0 Å². The molecular weight excluding hydrogens is 216 g/mol. The molecule has 1 heterocycles. The number of likely N-dealkylation sites (N-methyl/N-ethyl adjacent to an activating group) is 1. The van der Waals surface area contributed by atoms with Crippen LogP contribution in [0.1, 0.15) is 38.1 Å². The summed E-state index contributed by atoms with van der Waals surface area (Å²) < 4.78 is 0. The summed E-state index contributed by atoms with van der Waals surface area (Å²) in [5.74, 6) is 0. The molecule has 2 nitrogen and oxygen atoms in total. The largest absolute Gasteiger partial charge is 0.308 e. The van der Waals surface area contributed by atoms with Gasteiger partial charge in [-0.3, -0.25) is 0 Å². The van der Waals surface area contributed by atoms with Crippen molar-refractivity contribution in [3.63, 3.8) is 0 Å². The second kappa shape index (κ2) is 7.82. The van der Waals surface area contributed by atoms with Gasteiger partial charge in [0.15, 0.2) is 0 Å². The molecule has 0 saturated carbocycles. The van der Waals surface area contributed by atoms with Crippen molar-refractivity contribution in [2.75, 3.05) is 26.2 Å². The van der Waals surface area contributed by atoms with Crippen LogP contribution in [-0.4, -0.2) is 31.1 Å². The molecule has 1 N–H and O–H groups in total. The molecule has 3 heteroatoms. The zero-order valence-corrected chi connectivity index (χ0v) is 11.5. The Morgan fingerprint density at radius 2 is 2.19 bits per heavy atom. The van der Waals surface area contributed by atoms with E-state index in [2.05, 4.69) is 48.5 Å². The van der Waals surface area contributed by atoms with E-state index in [0.717, 1.165) is 19.6 Å². The van der Waals surface area contributed by atoms with E-state index < -0.39 is 0 Å². The zero-order chi connectivity index (χ0) is 11.8. The monoisotopic (exact) mass is 240 g/mol. The molecule has 0 aliphatic heterocycles. The van der Waals surface area contributed by atoms with E-state index in [0.29, 0.717) is 6.04 Å². The van der Waals surface area contributed by atoms with Crippen molar-refractivity contribution >= 4 is 11.3 Å². The van der Waals surface area contributed by atoms with Crippen LogP contribution in [0.15, 0.2) is 17.5 Å². The van der Waals surface area contributed by atoms with E-state index in [4.69, 9.17) is 0 Å². The van der Waals surface area contributed by atoms with E-state index in [1.807, 2.05) is 11.3 Å². The quantitative estimate of drug-likeness (QED) is 0.751. The first-order chi connectivity index (χ1) is 7.77. The Kier molecular flexibility index (Phi) is 6.69. The van der Waals surface area contributed by atoms with E-state index in [1.54, 1.807) is 0 Å². The van der Waals surface area contributed by atoms with Crippen LogP contribution < -0.4 is 5.32 Å². The molecule has 0 aliphatic rings. The maximum atomic E-state index is 3.58. The van der Waals surface area contributed by atoms with E-state index in [-0.39, 0.29) is 0 Å². The summed E-state index contributed by atoms with van der Waals surface area (Å²) >= 11 is 1.83. The Labute approximate surface area is 104 Å². The molecule has 0 spiro atoms. The fraction of sp³-hybridized carbons (Fsp3) is 0.692. The normalized spacial score (nSPS) is 13.2. The molecule has 92 valence electrons. The first-order valence-corrected chi connectivity index (χ1v) is 7.15. The van der Waals surface area contributed by atoms with Crippen LogP contribution in [0.3, 0.4) is 0 Å². The lowest BCUT2D eigenvalue weighted by atomic mass is 10.3. The lowest BCUT2D eigenvalue weighted by Gasteiger charge is -2.21. The Morgan fingerprint density at radius 3 is 2.75 bits per heavy atom. The first kappa shape index (κ1) is 13.7. The van der Waals surface area contributed by atoms with Gasteiger partial charge in [-0.15, -0.1) is 11.3 Å². The Hall–Kier alpha value is -0.380. The molecule has 1 aromatic rings. The number of hydrogen-bond donors (Lipinski definition) is 1. The third kappa shape index (κ3) is 4.64. The van der Waals surface area contributed by atoms with E-state index in [1.165, 1.54) is 17.8 Å². The third-order valence-corrected chi connectivity index (χ3v) is 3.89. The van der Waals surface area contributed by atoms with Crippen molar-refractivity contribution in [3.8, 4) is 0 Å². The molecule has 1 unspecified atom stereocenters. The summed E-state index contributed by atoms with van der Waals surface area (Å²) in [6.45, 7) is 11.3. The van der Waals surface area contributed by atoms with Gasteiger partial charge >= 0.3 is 0 Å². The minimum absolute atomic E-state index is 0.486. The molecule has 1 atom stereocenters. The van der Waals surface area contributed by atoms with Gasteiger partial charge < -0.3 is 10.2 Å². The van der Waals surface area contributed by atoms with Crippen LogP contribution in [0.25, 0.3) is 0 Å². The number of nitrogens with one attached hydrogen (secondary N) is 1. The zero-order valence-electron chi connectivity index (χ0n) is 10.7. The highest BCUT2D eigenvalue weighted by Gasteiger charge is 2.06. The van der Waals surface area contributed by atoms with Gasteiger partial charge in [-0.25, -0.2) is 0 Å². The van der Waals surface area contributed by atoms with Gasteiger partial charge in [0.1, 0.15) is 0 Å². The molecular formula is C13H24N2S. The van der Waals surface area contributed by atoms with Crippen molar-refractivity contribution in [3.05, 3.63) is 22.4 Å². The standard InChI is InChI=1S/C13H24N2S/c1-4-9-15(5-2)10-8-14-12(3)13-7-6-11-16-13/h6-7,11-12,14H,4-5,8-10H2,1-3H3. The SMILES string of the molecule is CCCN(CC)CCNC(C)c1cccs1. The number of hydrogen-bond acceptors (Lipinski definition) is 3. The van der Waals surface area contributed by atoms with Gasteiger partial charge in [0.05, 0.1) is 0 Å². The highest BCUT2D eigenvalue weighted by Crippen LogP contribution is 2.17. The van der Waals surface area contributed by atoms with Crippen LogP contribution in [-0.2, 0) is 0 Å². The summed E-state index contributed by atoms with van der Waals surface area (Å²) in [7, 11) is 0. The second-order valence-corrected chi connectivity index (χ2v) is 5.10. The summed E-state index contributed by atoms with van der Waals surface area (Å²) in [5.41, 5.74) is 0. The fourth-order valence-corrected chi connectivity index (χ4v) is 2.58. The molecule has 16 heavy (non-hydrogen) atoms. The third-order valence-electron chi connectivity index (χ3n) is 2.84. The molecule has 0 bridgehead atoms. The van der Waals surface area contributed by atoms with E-state index >= 15 is 0 Å². The van der Waals surface area contributed by atoms with Crippen LogP contribution in [0.2, 0.25) is 0 Å². The van der Waals surface area contributed by atoms with Crippen LogP contribution in [0, 0.1) is 0 Å². The van der Waals surface area contributed by atoms with Gasteiger partial charge in [0.25, 0.3) is 0 Å². The lowest BCUT2D eigenvalue weighted by Crippen LogP contribution is -2.33. The molecule has 0 aliphatic carbocycles. The molecule has 0 radical (unpaired) electrons. The van der Waals surface area contributed by atoms with Gasteiger partial charge in [0.2, 0.25) is 0 Å². The van der Waals surface area contributed by atoms with Gasteiger partial charge in [-0.05, 0) is 37.9 Å². The predicted molar refractivity (Wildman–Crippen MR) is 73.1 cm³/mol. The first-order valence-electron chi connectivity index (χ1n) is 6.27. The molecule has 0 saturated heterocycles. The second-order valence-electron chi connectivity index (χ2n) is 4.13. The Morgan fingerprint density at radius 1 is 1.38 bits per heavy atom. The predicted octanol–water partition coefficient (Wildman–Crippen LogP) is 3.13. The average molecular weight is 240 g/mol. The minimum Gasteiger partial charge on any atom is -0.308 e.